The van der Waals surface area contributed by atoms with Crippen LogP contribution in [0, 0.1) is 0 Å². The van der Waals surface area contributed by atoms with Crippen LogP contribution in [-0.2, 0) is 12.8 Å². The SMILES string of the molecule is CN=C(NCCCc1nc(C(C)C)no1)NCCc1ccc(OC)cc1.I. The molecule has 2 aromatic rings. The fraction of sp³-hybridized carbons (Fsp3) is 0.526. The zero-order valence-corrected chi connectivity index (χ0v) is 18.8. The standard InChI is InChI=1S/C19H29N5O2.HI/c1-14(2)18-23-17(26-24-18)6-5-12-21-19(20-3)22-13-11-15-7-9-16(25-4)10-8-15;/h7-10,14H,5-6,11-13H2,1-4H3,(H2,20,21,22);1H. The number of aryl methyl sites for hydroxylation is 1. The molecule has 0 aliphatic carbocycles. The number of aliphatic imine (C=N–C) groups is 1. The monoisotopic (exact) mass is 487 g/mol. The van der Waals surface area contributed by atoms with Crippen molar-refractivity contribution in [3.8, 4) is 5.75 Å². The van der Waals surface area contributed by atoms with Crippen LogP contribution in [0.25, 0.3) is 0 Å². The largest absolute Gasteiger partial charge is 0.497 e. The fourth-order valence-electron chi connectivity index (χ4n) is 2.39. The number of guanidine groups is 1. The molecule has 0 aliphatic rings. The Kier molecular flexibility index (Phi) is 10.8. The molecule has 0 fully saturated rings. The summed E-state index contributed by atoms with van der Waals surface area (Å²) >= 11 is 0. The second-order valence-electron chi connectivity index (χ2n) is 6.33. The lowest BCUT2D eigenvalue weighted by Gasteiger charge is -2.11. The van der Waals surface area contributed by atoms with E-state index in [1.807, 2.05) is 12.1 Å². The first-order valence-corrected chi connectivity index (χ1v) is 9.02. The van der Waals surface area contributed by atoms with Crippen molar-refractivity contribution in [2.75, 3.05) is 27.2 Å². The molecule has 1 aromatic heterocycles. The van der Waals surface area contributed by atoms with Gasteiger partial charge in [0.1, 0.15) is 5.75 Å². The minimum atomic E-state index is 0. The van der Waals surface area contributed by atoms with Crippen LogP contribution in [-0.4, -0.2) is 43.3 Å². The van der Waals surface area contributed by atoms with Gasteiger partial charge in [0.15, 0.2) is 11.8 Å². The van der Waals surface area contributed by atoms with E-state index < -0.39 is 0 Å². The van der Waals surface area contributed by atoms with Crippen LogP contribution < -0.4 is 15.4 Å². The summed E-state index contributed by atoms with van der Waals surface area (Å²) in [7, 11) is 3.45. The third-order valence-electron chi connectivity index (χ3n) is 3.95. The second kappa shape index (κ2) is 12.5. The van der Waals surface area contributed by atoms with Crippen molar-refractivity contribution < 1.29 is 9.26 Å². The van der Waals surface area contributed by atoms with E-state index in [4.69, 9.17) is 9.26 Å². The van der Waals surface area contributed by atoms with Gasteiger partial charge in [-0.25, -0.2) is 0 Å². The molecule has 2 N–H and O–H groups in total. The quantitative estimate of drug-likeness (QED) is 0.245. The van der Waals surface area contributed by atoms with Crippen molar-refractivity contribution in [1.29, 1.82) is 0 Å². The van der Waals surface area contributed by atoms with E-state index >= 15 is 0 Å². The van der Waals surface area contributed by atoms with Crippen LogP contribution in [0.5, 0.6) is 5.75 Å². The average Bonchev–Trinajstić information content (AvgIpc) is 3.13. The van der Waals surface area contributed by atoms with Crippen LogP contribution in [0.2, 0.25) is 0 Å². The average molecular weight is 487 g/mol. The van der Waals surface area contributed by atoms with Gasteiger partial charge in [0, 0.05) is 32.5 Å². The van der Waals surface area contributed by atoms with Crippen LogP contribution >= 0.6 is 24.0 Å². The van der Waals surface area contributed by atoms with Crippen LogP contribution in [0.4, 0.5) is 0 Å². The van der Waals surface area contributed by atoms with E-state index in [0.29, 0.717) is 11.8 Å². The minimum Gasteiger partial charge on any atom is -0.497 e. The number of ether oxygens (including phenoxy) is 1. The number of hydrogen-bond donors (Lipinski definition) is 2. The van der Waals surface area contributed by atoms with Crippen molar-refractivity contribution in [2.45, 2.75) is 39.0 Å². The summed E-state index contributed by atoms with van der Waals surface area (Å²) < 4.78 is 10.4. The predicted octanol–water partition coefficient (Wildman–Crippen LogP) is 3.16. The Morgan fingerprint density at radius 1 is 1.15 bits per heavy atom. The van der Waals surface area contributed by atoms with Crippen molar-refractivity contribution >= 4 is 29.9 Å². The lowest BCUT2D eigenvalue weighted by molar-refractivity contribution is 0.368. The molecule has 0 unspecified atom stereocenters. The van der Waals surface area contributed by atoms with Crippen molar-refractivity contribution in [3.05, 3.63) is 41.5 Å². The Balaban J connectivity index is 0.00000364. The van der Waals surface area contributed by atoms with Gasteiger partial charge in [-0.15, -0.1) is 24.0 Å². The van der Waals surface area contributed by atoms with Crippen LogP contribution in [0.1, 0.15) is 43.5 Å². The topological polar surface area (TPSA) is 84.6 Å². The third kappa shape index (κ3) is 8.15. The van der Waals surface area contributed by atoms with Crippen molar-refractivity contribution in [2.24, 2.45) is 4.99 Å². The number of methoxy groups -OCH3 is 1. The number of halogens is 1. The van der Waals surface area contributed by atoms with Gasteiger partial charge >= 0.3 is 0 Å². The highest BCUT2D eigenvalue weighted by Crippen LogP contribution is 2.11. The number of nitrogens with zero attached hydrogens (tertiary/aromatic N) is 3. The Labute approximate surface area is 178 Å². The maximum atomic E-state index is 5.25. The molecule has 0 saturated carbocycles. The first-order valence-electron chi connectivity index (χ1n) is 9.02. The minimum absolute atomic E-state index is 0. The van der Waals surface area contributed by atoms with Gasteiger partial charge in [-0.1, -0.05) is 31.1 Å². The van der Waals surface area contributed by atoms with Crippen molar-refractivity contribution in [3.63, 3.8) is 0 Å². The van der Waals surface area contributed by atoms with Crippen LogP contribution in [0.15, 0.2) is 33.8 Å². The fourth-order valence-corrected chi connectivity index (χ4v) is 2.39. The number of aromatic nitrogens is 2. The maximum absolute atomic E-state index is 5.25. The molecule has 1 aromatic carbocycles. The molecule has 0 radical (unpaired) electrons. The van der Waals surface area contributed by atoms with Gasteiger partial charge in [0.25, 0.3) is 0 Å². The highest BCUT2D eigenvalue weighted by molar-refractivity contribution is 14.0. The van der Waals surface area contributed by atoms with Crippen LogP contribution in [0.3, 0.4) is 0 Å². The Morgan fingerprint density at radius 2 is 1.85 bits per heavy atom. The maximum Gasteiger partial charge on any atom is 0.226 e. The Morgan fingerprint density at radius 3 is 2.44 bits per heavy atom. The molecule has 0 atom stereocenters. The highest BCUT2D eigenvalue weighted by Gasteiger charge is 2.09. The molecule has 150 valence electrons. The van der Waals surface area contributed by atoms with E-state index in [1.165, 1.54) is 5.56 Å². The second-order valence-corrected chi connectivity index (χ2v) is 6.33. The Hall–Kier alpha value is -1.84. The molecule has 0 amide bonds. The van der Waals surface area contributed by atoms with Gasteiger partial charge in [-0.3, -0.25) is 4.99 Å². The highest BCUT2D eigenvalue weighted by atomic mass is 127. The van der Waals surface area contributed by atoms with Gasteiger partial charge in [0.05, 0.1) is 7.11 Å². The zero-order chi connectivity index (χ0) is 18.8. The molecular weight excluding hydrogens is 457 g/mol. The summed E-state index contributed by atoms with van der Waals surface area (Å²) in [5.41, 5.74) is 1.26. The molecular formula is C19H30IN5O2. The van der Waals surface area contributed by atoms with E-state index in [9.17, 15) is 0 Å². The van der Waals surface area contributed by atoms with E-state index in [1.54, 1.807) is 14.2 Å². The van der Waals surface area contributed by atoms with E-state index in [-0.39, 0.29) is 24.0 Å². The number of nitrogens with one attached hydrogen (secondary N) is 2. The van der Waals surface area contributed by atoms with E-state index in [2.05, 4.69) is 51.7 Å². The number of rotatable bonds is 9. The molecule has 2 rings (SSSR count). The summed E-state index contributed by atoms with van der Waals surface area (Å²) in [4.78, 5) is 8.62. The first kappa shape index (κ1) is 23.2. The lowest BCUT2D eigenvalue weighted by Crippen LogP contribution is -2.38. The molecule has 7 nitrogen and oxygen atoms in total. The summed E-state index contributed by atoms with van der Waals surface area (Å²) in [6, 6.07) is 8.11. The predicted molar refractivity (Wildman–Crippen MR) is 118 cm³/mol. The Bertz CT molecular complexity index is 686. The van der Waals surface area contributed by atoms with Gasteiger partial charge in [-0.2, -0.15) is 4.98 Å². The van der Waals surface area contributed by atoms with Gasteiger partial charge < -0.3 is 19.9 Å². The normalized spacial score (nSPS) is 11.2. The first-order chi connectivity index (χ1) is 12.6. The molecule has 0 bridgehead atoms. The molecule has 0 aliphatic heterocycles. The summed E-state index contributed by atoms with van der Waals surface area (Å²) in [5.74, 6) is 3.43. The smallest absolute Gasteiger partial charge is 0.226 e. The van der Waals surface area contributed by atoms with Crippen molar-refractivity contribution in [1.82, 2.24) is 20.8 Å². The molecule has 8 heteroatoms. The molecule has 1 heterocycles. The number of benzene rings is 1. The molecule has 27 heavy (non-hydrogen) atoms. The number of hydrogen-bond acceptors (Lipinski definition) is 5. The lowest BCUT2D eigenvalue weighted by atomic mass is 10.1. The summed E-state index contributed by atoms with van der Waals surface area (Å²) in [6.07, 6.45) is 2.58. The van der Waals surface area contributed by atoms with Gasteiger partial charge in [-0.05, 0) is 30.5 Å². The molecule has 0 spiro atoms. The van der Waals surface area contributed by atoms with Gasteiger partial charge in [0.2, 0.25) is 5.89 Å². The van der Waals surface area contributed by atoms with E-state index in [0.717, 1.165) is 49.9 Å². The summed E-state index contributed by atoms with van der Waals surface area (Å²) in [6.45, 7) is 5.71. The zero-order valence-electron chi connectivity index (χ0n) is 16.5. The summed E-state index contributed by atoms with van der Waals surface area (Å²) in [5, 5.41) is 10.6. The third-order valence-corrected chi connectivity index (χ3v) is 3.95. The molecule has 0 saturated heterocycles.